The maximum absolute atomic E-state index is 11.7. The van der Waals surface area contributed by atoms with Gasteiger partial charge in [-0.15, -0.1) is 23.2 Å². The summed E-state index contributed by atoms with van der Waals surface area (Å²) < 4.78 is 0. The Labute approximate surface area is 99.8 Å². The molecule has 0 aliphatic heterocycles. The largest absolute Gasteiger partial charge is 0.297 e. The van der Waals surface area contributed by atoms with E-state index in [0.29, 0.717) is 0 Å². The van der Waals surface area contributed by atoms with Crippen molar-refractivity contribution in [3.63, 3.8) is 0 Å². The number of halogens is 2. The molecule has 0 N–H and O–H groups in total. The van der Waals surface area contributed by atoms with Crippen molar-refractivity contribution < 1.29 is 4.79 Å². The number of carbonyl (C=O) groups excluding carboxylic acids is 1. The second-order valence-corrected chi connectivity index (χ2v) is 4.23. The zero-order valence-corrected chi connectivity index (χ0v) is 10.2. The van der Waals surface area contributed by atoms with Gasteiger partial charge in [0, 0.05) is 5.69 Å². The third-order valence-corrected chi connectivity index (χ3v) is 2.50. The molecule has 0 bridgehead atoms. The lowest BCUT2D eigenvalue weighted by molar-refractivity contribution is -0.117. The smallest absolute Gasteiger partial charge is 0.245 e. The molecule has 2 nitrogen and oxygen atoms in total. The van der Waals surface area contributed by atoms with Crippen molar-refractivity contribution in [2.75, 3.05) is 10.9 Å². The van der Waals surface area contributed by atoms with Gasteiger partial charge in [-0.25, -0.2) is 0 Å². The maximum Gasteiger partial charge on any atom is 0.245 e. The van der Waals surface area contributed by atoms with Crippen LogP contribution >= 0.6 is 23.2 Å². The van der Waals surface area contributed by atoms with Crippen molar-refractivity contribution >= 4 is 34.8 Å². The predicted molar refractivity (Wildman–Crippen MR) is 64.7 cm³/mol. The molecule has 0 saturated carbocycles. The second-order valence-electron chi connectivity index (χ2n) is 3.34. The molecule has 0 fully saturated rings. The number of hydrogen-bond acceptors (Lipinski definition) is 1. The number of benzene rings is 1. The molecule has 0 aromatic heterocycles. The Kier molecular flexibility index (Phi) is 4.43. The highest BCUT2D eigenvalue weighted by atomic mass is 35.5. The van der Waals surface area contributed by atoms with E-state index in [9.17, 15) is 4.79 Å². The van der Waals surface area contributed by atoms with Crippen LogP contribution < -0.4 is 4.90 Å². The summed E-state index contributed by atoms with van der Waals surface area (Å²) in [5, 5.41) is -0.565. The van der Waals surface area contributed by atoms with E-state index in [2.05, 4.69) is 0 Å². The van der Waals surface area contributed by atoms with Crippen molar-refractivity contribution in [1.29, 1.82) is 0 Å². The topological polar surface area (TPSA) is 20.3 Å². The van der Waals surface area contributed by atoms with Crippen LogP contribution in [0.2, 0.25) is 0 Å². The molecule has 0 aliphatic rings. The Hall–Kier alpha value is -0.730. The molecule has 0 spiro atoms. The summed E-state index contributed by atoms with van der Waals surface area (Å²) in [5.41, 5.74) is 1.91. The first-order chi connectivity index (χ1) is 7.06. The van der Waals surface area contributed by atoms with Crippen LogP contribution in [0.1, 0.15) is 12.5 Å². The molecular formula is C11H13Cl2NO. The van der Waals surface area contributed by atoms with E-state index in [-0.39, 0.29) is 11.9 Å². The first-order valence-corrected chi connectivity index (χ1v) is 5.61. The average Bonchev–Trinajstić information content (AvgIpc) is 2.21. The number of anilines is 1. The molecule has 1 atom stereocenters. The normalized spacial score (nSPS) is 12.3. The highest BCUT2D eigenvalue weighted by Gasteiger charge is 2.18. The molecule has 0 heterocycles. The third kappa shape index (κ3) is 3.11. The van der Waals surface area contributed by atoms with E-state index >= 15 is 0 Å². The molecule has 1 aromatic carbocycles. The zero-order chi connectivity index (χ0) is 11.4. The Morgan fingerprint density at radius 1 is 1.40 bits per heavy atom. The quantitative estimate of drug-likeness (QED) is 0.592. The summed E-state index contributed by atoms with van der Waals surface area (Å²) in [4.78, 5) is 13.1. The minimum absolute atomic E-state index is 0.110. The standard InChI is InChI=1S/C11H13Cl2NO/c1-8-3-5-10(6-4-8)14(7-12)11(15)9(2)13/h3-6,9H,7H2,1-2H3. The fourth-order valence-corrected chi connectivity index (χ4v) is 1.57. The summed E-state index contributed by atoms with van der Waals surface area (Å²) in [5.74, 6) is -0.185. The molecule has 1 unspecified atom stereocenters. The number of amides is 1. The predicted octanol–water partition coefficient (Wildman–Crippen LogP) is 3.15. The lowest BCUT2D eigenvalue weighted by Crippen LogP contribution is -2.34. The van der Waals surface area contributed by atoms with Crippen LogP contribution in [0, 0.1) is 6.92 Å². The van der Waals surface area contributed by atoms with Gasteiger partial charge >= 0.3 is 0 Å². The van der Waals surface area contributed by atoms with Crippen LogP contribution in [0.15, 0.2) is 24.3 Å². The Bertz CT molecular complexity index is 335. The SMILES string of the molecule is Cc1ccc(N(CCl)C(=O)C(C)Cl)cc1. The van der Waals surface area contributed by atoms with Gasteiger partial charge in [-0.3, -0.25) is 9.69 Å². The molecule has 4 heteroatoms. The molecule has 0 radical (unpaired) electrons. The first kappa shape index (κ1) is 12.3. The van der Waals surface area contributed by atoms with Crippen LogP contribution in [0.5, 0.6) is 0 Å². The van der Waals surface area contributed by atoms with Crippen LogP contribution in [-0.4, -0.2) is 17.3 Å². The van der Waals surface area contributed by atoms with Crippen molar-refractivity contribution in [3.8, 4) is 0 Å². The molecule has 82 valence electrons. The van der Waals surface area contributed by atoms with Gasteiger partial charge in [0.2, 0.25) is 5.91 Å². The van der Waals surface area contributed by atoms with E-state index in [4.69, 9.17) is 23.2 Å². The summed E-state index contributed by atoms with van der Waals surface area (Å²) in [6.07, 6.45) is 0. The van der Waals surface area contributed by atoms with Gasteiger partial charge in [-0.2, -0.15) is 0 Å². The summed E-state index contributed by atoms with van der Waals surface area (Å²) in [6, 6.07) is 7.69. The number of rotatable bonds is 3. The lowest BCUT2D eigenvalue weighted by Gasteiger charge is -2.21. The molecule has 1 rings (SSSR count). The number of alkyl halides is 2. The van der Waals surface area contributed by atoms with Crippen molar-refractivity contribution in [3.05, 3.63) is 29.8 Å². The molecular weight excluding hydrogens is 233 g/mol. The van der Waals surface area contributed by atoms with Gasteiger partial charge in [-0.1, -0.05) is 17.7 Å². The van der Waals surface area contributed by atoms with Crippen molar-refractivity contribution in [2.45, 2.75) is 19.2 Å². The van der Waals surface area contributed by atoms with Gasteiger partial charge in [0.05, 0.1) is 0 Å². The first-order valence-electron chi connectivity index (χ1n) is 4.64. The van der Waals surface area contributed by atoms with E-state index in [0.717, 1.165) is 11.3 Å². The fourth-order valence-electron chi connectivity index (χ4n) is 1.19. The molecule has 1 amide bonds. The number of aryl methyl sites for hydroxylation is 1. The summed E-state index contributed by atoms with van der Waals surface area (Å²) in [6.45, 7) is 3.62. The highest BCUT2D eigenvalue weighted by molar-refractivity contribution is 6.33. The summed E-state index contributed by atoms with van der Waals surface area (Å²) in [7, 11) is 0. The van der Waals surface area contributed by atoms with E-state index < -0.39 is 5.38 Å². The second kappa shape index (κ2) is 5.38. The highest BCUT2D eigenvalue weighted by Crippen LogP contribution is 2.17. The molecule has 15 heavy (non-hydrogen) atoms. The van der Waals surface area contributed by atoms with E-state index in [1.54, 1.807) is 6.92 Å². The van der Waals surface area contributed by atoms with Crippen molar-refractivity contribution in [1.82, 2.24) is 0 Å². The Balaban J connectivity index is 2.92. The molecule has 0 saturated heterocycles. The minimum atomic E-state index is -0.565. The van der Waals surface area contributed by atoms with Crippen molar-refractivity contribution in [2.24, 2.45) is 0 Å². The molecule has 0 aliphatic carbocycles. The number of carbonyl (C=O) groups is 1. The monoisotopic (exact) mass is 245 g/mol. The van der Waals surface area contributed by atoms with Gasteiger partial charge in [0.25, 0.3) is 0 Å². The Morgan fingerprint density at radius 3 is 2.33 bits per heavy atom. The fraction of sp³-hybridized carbons (Fsp3) is 0.364. The van der Waals surface area contributed by atoms with Gasteiger partial charge < -0.3 is 0 Å². The molecule has 1 aromatic rings. The Morgan fingerprint density at radius 2 is 1.93 bits per heavy atom. The maximum atomic E-state index is 11.7. The van der Waals surface area contributed by atoms with Crippen LogP contribution in [0.4, 0.5) is 5.69 Å². The summed E-state index contributed by atoms with van der Waals surface area (Å²) >= 11 is 11.5. The van der Waals surface area contributed by atoms with Crippen LogP contribution in [0.3, 0.4) is 0 Å². The van der Waals surface area contributed by atoms with Crippen LogP contribution in [-0.2, 0) is 4.79 Å². The van der Waals surface area contributed by atoms with Gasteiger partial charge in [0.1, 0.15) is 11.4 Å². The van der Waals surface area contributed by atoms with E-state index in [1.807, 2.05) is 31.2 Å². The van der Waals surface area contributed by atoms with Gasteiger partial charge in [-0.05, 0) is 26.0 Å². The average molecular weight is 246 g/mol. The number of nitrogens with zero attached hydrogens (tertiary/aromatic N) is 1. The van der Waals surface area contributed by atoms with Crippen LogP contribution in [0.25, 0.3) is 0 Å². The van der Waals surface area contributed by atoms with E-state index in [1.165, 1.54) is 4.90 Å². The lowest BCUT2D eigenvalue weighted by atomic mass is 10.2. The number of hydrogen-bond donors (Lipinski definition) is 0. The minimum Gasteiger partial charge on any atom is -0.297 e. The third-order valence-electron chi connectivity index (χ3n) is 2.07. The zero-order valence-electron chi connectivity index (χ0n) is 8.71. The van der Waals surface area contributed by atoms with Gasteiger partial charge in [0.15, 0.2) is 0 Å².